The third kappa shape index (κ3) is 65.0. The minimum Gasteiger partial charge on any atom is -0.462 e. The number of hydrogen-bond acceptors (Lipinski definition) is 19. The van der Waals surface area contributed by atoms with Crippen molar-refractivity contribution in [2.24, 2.45) is 0 Å². The number of nitrogens with one attached hydrogen (secondary N) is 2. The summed E-state index contributed by atoms with van der Waals surface area (Å²) in [4.78, 5) is 118. The van der Waals surface area contributed by atoms with Crippen molar-refractivity contribution in [3.05, 3.63) is 0 Å². The van der Waals surface area contributed by atoms with E-state index in [9.17, 15) is 68.3 Å². The summed E-state index contributed by atoms with van der Waals surface area (Å²) in [6.07, 6.45) is 46.5. The van der Waals surface area contributed by atoms with E-state index in [2.05, 4.69) is 52.2 Å². The molecule has 1 fully saturated rings. The first-order valence-corrected chi connectivity index (χ1v) is 51.2. The van der Waals surface area contributed by atoms with Crippen molar-refractivity contribution >= 4 is 49.8 Å². The minimum atomic E-state index is -5.61. The highest BCUT2D eigenvalue weighted by molar-refractivity contribution is 7.46. The van der Waals surface area contributed by atoms with Crippen LogP contribution in [0.2, 0.25) is 0 Å². The first kappa shape index (κ1) is 114. The van der Waals surface area contributed by atoms with Gasteiger partial charge in [0, 0.05) is 19.3 Å². The zero-order valence-corrected chi connectivity index (χ0v) is 77.9. The van der Waals surface area contributed by atoms with Crippen LogP contribution >= 0.6 is 7.82 Å². The van der Waals surface area contributed by atoms with Gasteiger partial charge >= 0.3 is 31.7 Å². The van der Waals surface area contributed by atoms with Gasteiger partial charge in [-0.3, -0.25) is 33.3 Å². The van der Waals surface area contributed by atoms with E-state index in [0.717, 1.165) is 199 Å². The van der Waals surface area contributed by atoms with E-state index in [-0.39, 0.29) is 38.4 Å². The fraction of sp³-hybridized carbons (Fsp3) is 0.927. The summed E-state index contributed by atoms with van der Waals surface area (Å²) >= 11 is 0. The van der Waals surface area contributed by atoms with Gasteiger partial charge in [-0.05, 0) is 57.8 Å². The Morgan fingerprint density at radius 1 is 0.375 bits per heavy atom. The molecule has 0 aliphatic carbocycles. The maximum Gasteiger partial charge on any atom is 0.470 e. The van der Waals surface area contributed by atoms with E-state index < -0.39 is 143 Å². The molecule has 706 valence electrons. The molecule has 1 heterocycles. The number of rotatable bonds is 88. The van der Waals surface area contributed by atoms with E-state index in [0.29, 0.717) is 51.4 Å². The molecular formula is C96H181N2O21P. The fourth-order valence-corrected chi connectivity index (χ4v) is 16.8. The number of esters is 4. The molecule has 12 atom stereocenters. The molecule has 0 radical (unpaired) electrons. The van der Waals surface area contributed by atoms with Crippen molar-refractivity contribution < 1.29 is 101 Å². The molecule has 8 N–H and O–H groups in total. The molecule has 0 aromatic heterocycles. The summed E-state index contributed by atoms with van der Waals surface area (Å²) in [7, 11) is -5.61. The lowest BCUT2D eigenvalue weighted by molar-refractivity contribution is -0.278. The van der Waals surface area contributed by atoms with Crippen LogP contribution in [-0.4, -0.2) is 159 Å². The molecule has 1 saturated heterocycles. The van der Waals surface area contributed by atoms with Crippen LogP contribution in [0.4, 0.5) is 0 Å². The lowest BCUT2D eigenvalue weighted by Crippen LogP contribution is -2.66. The molecule has 0 aromatic carbocycles. The van der Waals surface area contributed by atoms with Crippen LogP contribution in [-0.2, 0) is 71.1 Å². The van der Waals surface area contributed by atoms with E-state index >= 15 is 0 Å². The minimum absolute atomic E-state index is 0.110. The third-order valence-corrected chi connectivity index (χ3v) is 24.2. The maximum absolute atomic E-state index is 14.9. The molecule has 0 saturated carbocycles. The van der Waals surface area contributed by atoms with Gasteiger partial charge in [0.15, 0.2) is 12.4 Å². The Hall–Kier alpha value is -3.64. The standard InChI is InChI=1S/C96H181N2O21P/c1-7-13-19-25-31-37-39-40-42-48-54-59-65-70-87(104)114-79(67-61-55-49-43-33-27-21-15-9-3)73-85(102)97-82(76-99)92(108)93(109)83(101)78-113-96-91(98-86(103)74-80(68-62-56-50-44-34-28-22-16-10-4)115-88(105)71-64-58-52-46-36-30-24-18-12-6)95(94(84(77-100)117-96)119-120(110,111)112)118-90(107)75-81(69-63-57-51-45-35-29-23-17-11-5)116-89(106)72-66-60-53-47-41-38-32-26-20-14-8-2/h76,79-84,91-96,100-101,108-109H,7-75,77-78H2,1-6H3,(H,97,102)(H,98,103)(H2,110,111,112). The molecule has 0 aromatic rings. The molecule has 23 nitrogen and oxygen atoms in total. The zero-order chi connectivity index (χ0) is 88.2. The van der Waals surface area contributed by atoms with Gasteiger partial charge < -0.3 is 74.1 Å². The number of ether oxygens (including phenoxy) is 6. The first-order chi connectivity index (χ1) is 58.2. The zero-order valence-electron chi connectivity index (χ0n) is 77.0. The van der Waals surface area contributed by atoms with Gasteiger partial charge in [-0.25, -0.2) is 4.57 Å². The van der Waals surface area contributed by atoms with Gasteiger partial charge in [0.1, 0.15) is 67.2 Å². The average molecular weight is 1730 g/mol. The Balaban J connectivity index is 3.76. The summed E-state index contributed by atoms with van der Waals surface area (Å²) in [5, 5.41) is 51.2. The molecule has 1 rings (SSSR count). The molecular weight excluding hydrogens is 1550 g/mol. The highest BCUT2D eigenvalue weighted by Crippen LogP contribution is 2.43. The Labute approximate surface area is 729 Å². The number of phosphoric ester groups is 1. The highest BCUT2D eigenvalue weighted by atomic mass is 31.2. The van der Waals surface area contributed by atoms with Crippen LogP contribution in [0.1, 0.15) is 485 Å². The number of carbonyl (C=O) groups excluding carboxylic acids is 7. The van der Waals surface area contributed by atoms with Crippen LogP contribution in [0.15, 0.2) is 0 Å². The molecule has 24 heteroatoms. The predicted octanol–water partition coefficient (Wildman–Crippen LogP) is 22.1. The Morgan fingerprint density at radius 2 is 0.658 bits per heavy atom. The van der Waals surface area contributed by atoms with E-state index in [1.54, 1.807) is 0 Å². The summed E-state index contributed by atoms with van der Waals surface area (Å²) in [5.41, 5.74) is 0. The quantitative estimate of drug-likeness (QED) is 0.00922. The molecule has 1 aliphatic rings. The highest BCUT2D eigenvalue weighted by Gasteiger charge is 2.53. The Kier molecular flexibility index (Phi) is 76.2. The number of amides is 2. The second-order valence-corrected chi connectivity index (χ2v) is 36.3. The van der Waals surface area contributed by atoms with Crippen molar-refractivity contribution in [3.8, 4) is 0 Å². The largest absolute Gasteiger partial charge is 0.470 e. The van der Waals surface area contributed by atoms with Crippen LogP contribution in [0, 0.1) is 0 Å². The van der Waals surface area contributed by atoms with Crippen molar-refractivity contribution in [2.45, 2.75) is 558 Å². The third-order valence-electron chi connectivity index (χ3n) is 23.7. The number of aliphatic hydroxyl groups is 4. The lowest BCUT2D eigenvalue weighted by atomic mass is 9.95. The number of aldehydes is 1. The molecule has 12 unspecified atom stereocenters. The van der Waals surface area contributed by atoms with Crippen molar-refractivity contribution in [1.29, 1.82) is 0 Å². The van der Waals surface area contributed by atoms with Gasteiger partial charge in [-0.15, -0.1) is 0 Å². The van der Waals surface area contributed by atoms with Crippen LogP contribution in [0.5, 0.6) is 0 Å². The van der Waals surface area contributed by atoms with E-state index in [1.165, 1.54) is 148 Å². The summed E-state index contributed by atoms with van der Waals surface area (Å²) in [5.74, 6) is -4.09. The topological polar surface area (TPSA) is 347 Å². The van der Waals surface area contributed by atoms with Gasteiger partial charge in [-0.2, -0.15) is 0 Å². The summed E-state index contributed by atoms with van der Waals surface area (Å²) in [6, 6.07) is -3.66. The van der Waals surface area contributed by atoms with E-state index in [1.807, 2.05) is 0 Å². The fourth-order valence-electron chi connectivity index (χ4n) is 16.2. The van der Waals surface area contributed by atoms with Crippen LogP contribution in [0.3, 0.4) is 0 Å². The number of phosphoric acid groups is 1. The van der Waals surface area contributed by atoms with E-state index in [4.69, 9.17) is 32.9 Å². The van der Waals surface area contributed by atoms with Gasteiger partial charge in [0.25, 0.3) is 0 Å². The molecule has 2 amide bonds. The second kappa shape index (κ2) is 80.0. The number of hydrogen-bond donors (Lipinski definition) is 8. The van der Waals surface area contributed by atoms with Crippen LogP contribution < -0.4 is 10.6 Å². The summed E-state index contributed by atoms with van der Waals surface area (Å²) in [6.45, 7) is 11.1. The monoisotopic (exact) mass is 1730 g/mol. The maximum atomic E-state index is 14.9. The number of aliphatic hydroxyl groups excluding tert-OH is 4. The summed E-state index contributed by atoms with van der Waals surface area (Å²) < 4.78 is 55.0. The van der Waals surface area contributed by atoms with Crippen LogP contribution in [0.25, 0.3) is 0 Å². The van der Waals surface area contributed by atoms with Crippen molar-refractivity contribution in [2.75, 3.05) is 13.2 Å². The average Bonchev–Trinajstić information content (AvgIpc) is 0.778. The lowest BCUT2D eigenvalue weighted by Gasteiger charge is -2.45. The van der Waals surface area contributed by atoms with Gasteiger partial charge in [0.2, 0.25) is 11.8 Å². The number of carbonyl (C=O) groups is 7. The Morgan fingerprint density at radius 3 is 0.950 bits per heavy atom. The first-order valence-electron chi connectivity index (χ1n) is 49.7. The Bertz CT molecular complexity index is 2500. The van der Waals surface area contributed by atoms with Gasteiger partial charge in [0.05, 0.1) is 32.5 Å². The second-order valence-electron chi connectivity index (χ2n) is 35.1. The normalized spacial score (nSPS) is 17.4. The molecule has 120 heavy (non-hydrogen) atoms. The van der Waals surface area contributed by atoms with Crippen molar-refractivity contribution in [3.63, 3.8) is 0 Å². The molecule has 1 aliphatic heterocycles. The smallest absolute Gasteiger partial charge is 0.462 e. The predicted molar refractivity (Wildman–Crippen MR) is 479 cm³/mol. The SMILES string of the molecule is CCCCCCCCCCCCCCCC(=O)OC(CCCCCCCCCCC)CC(=O)NC(C=O)C(O)C(O)C(O)COC1OC(CO)C(OP(=O)(O)O)C(OC(=O)CC(CCCCCCCCCCC)OC(=O)CCCCCCCCCCCCC)C1NC(=O)CC(CCCCCCCCCCC)OC(=O)CCCCCCCCCCC. The van der Waals surface area contributed by atoms with Crippen molar-refractivity contribution in [1.82, 2.24) is 10.6 Å². The number of unbranched alkanes of at least 4 members (excludes halogenated alkanes) is 54. The molecule has 0 bridgehead atoms. The molecule has 0 spiro atoms. The van der Waals surface area contributed by atoms with Gasteiger partial charge in [-0.1, -0.05) is 388 Å².